The molecule has 7 heteroatoms. The Balaban J connectivity index is 0.00000364. The van der Waals surface area contributed by atoms with Gasteiger partial charge in [0.1, 0.15) is 5.75 Å². The number of piperidine rings is 1. The van der Waals surface area contributed by atoms with Crippen molar-refractivity contribution in [1.82, 2.24) is 10.2 Å². The topological polar surface area (TPSA) is 84.7 Å². The summed E-state index contributed by atoms with van der Waals surface area (Å²) in [7, 11) is 0. The Morgan fingerprint density at radius 1 is 1.30 bits per heavy atom. The SMILES string of the molecule is CC(C)CC(CN)NC(=O)C1CCCN(C(=O)COc2ccccc2)C1.Cl. The Morgan fingerprint density at radius 3 is 2.63 bits per heavy atom. The van der Waals surface area contributed by atoms with Crippen molar-refractivity contribution in [3.05, 3.63) is 30.3 Å². The average Bonchev–Trinajstić information content (AvgIpc) is 2.66. The number of likely N-dealkylation sites (tertiary alicyclic amines) is 1. The third-order valence-electron chi connectivity index (χ3n) is 4.64. The van der Waals surface area contributed by atoms with Crippen LogP contribution in [0.5, 0.6) is 5.75 Å². The molecule has 2 amide bonds. The Bertz CT molecular complexity index is 583. The lowest BCUT2D eigenvalue weighted by molar-refractivity contribution is -0.137. The molecule has 27 heavy (non-hydrogen) atoms. The molecule has 0 aromatic heterocycles. The highest BCUT2D eigenvalue weighted by Crippen LogP contribution is 2.18. The van der Waals surface area contributed by atoms with Crippen LogP contribution < -0.4 is 15.8 Å². The second kappa shape index (κ2) is 11.8. The molecular formula is C20H32ClN3O3. The van der Waals surface area contributed by atoms with Gasteiger partial charge in [-0.15, -0.1) is 12.4 Å². The molecule has 152 valence electrons. The number of nitrogens with zero attached hydrogens (tertiary/aromatic N) is 1. The number of para-hydroxylation sites is 1. The first-order valence-electron chi connectivity index (χ1n) is 9.45. The molecule has 1 aromatic rings. The lowest BCUT2D eigenvalue weighted by atomic mass is 9.96. The van der Waals surface area contributed by atoms with Crippen molar-refractivity contribution in [2.75, 3.05) is 26.2 Å². The van der Waals surface area contributed by atoms with E-state index in [0.29, 0.717) is 31.3 Å². The van der Waals surface area contributed by atoms with E-state index in [1.54, 1.807) is 4.90 Å². The predicted molar refractivity (Wildman–Crippen MR) is 109 cm³/mol. The van der Waals surface area contributed by atoms with Crippen LogP contribution in [0.2, 0.25) is 0 Å². The lowest BCUT2D eigenvalue weighted by Crippen LogP contribution is -2.50. The van der Waals surface area contributed by atoms with Crippen LogP contribution >= 0.6 is 12.4 Å². The number of hydrogen-bond donors (Lipinski definition) is 2. The maximum atomic E-state index is 12.6. The molecule has 6 nitrogen and oxygen atoms in total. The molecule has 1 aliphatic rings. The van der Waals surface area contributed by atoms with Gasteiger partial charge >= 0.3 is 0 Å². The van der Waals surface area contributed by atoms with E-state index in [4.69, 9.17) is 10.5 Å². The number of benzene rings is 1. The van der Waals surface area contributed by atoms with Crippen molar-refractivity contribution in [3.8, 4) is 5.75 Å². The van der Waals surface area contributed by atoms with Gasteiger partial charge in [0, 0.05) is 25.7 Å². The predicted octanol–water partition coefficient (Wildman–Crippen LogP) is 2.22. The number of nitrogens with two attached hydrogens (primary N) is 1. The van der Waals surface area contributed by atoms with Gasteiger partial charge in [-0.05, 0) is 37.3 Å². The lowest BCUT2D eigenvalue weighted by Gasteiger charge is -2.33. The zero-order chi connectivity index (χ0) is 18.9. The van der Waals surface area contributed by atoms with Gasteiger partial charge in [0.2, 0.25) is 5.91 Å². The van der Waals surface area contributed by atoms with Gasteiger partial charge in [-0.25, -0.2) is 0 Å². The zero-order valence-corrected chi connectivity index (χ0v) is 17.0. The molecule has 1 aromatic carbocycles. The maximum Gasteiger partial charge on any atom is 0.260 e. The van der Waals surface area contributed by atoms with Crippen LogP contribution in [0.1, 0.15) is 33.1 Å². The van der Waals surface area contributed by atoms with Crippen molar-refractivity contribution >= 4 is 24.2 Å². The molecule has 2 atom stereocenters. The van der Waals surface area contributed by atoms with Crippen molar-refractivity contribution in [2.24, 2.45) is 17.6 Å². The third kappa shape index (κ3) is 7.77. The van der Waals surface area contributed by atoms with Crippen LogP contribution in [-0.4, -0.2) is 49.0 Å². The van der Waals surface area contributed by atoms with Crippen LogP contribution in [0.25, 0.3) is 0 Å². The smallest absolute Gasteiger partial charge is 0.260 e. The number of rotatable bonds is 8. The zero-order valence-electron chi connectivity index (χ0n) is 16.2. The summed E-state index contributed by atoms with van der Waals surface area (Å²) in [6.07, 6.45) is 2.49. The number of hydrogen-bond acceptors (Lipinski definition) is 4. The van der Waals surface area contributed by atoms with Crippen LogP contribution in [0.3, 0.4) is 0 Å². The molecule has 1 saturated heterocycles. The van der Waals surface area contributed by atoms with E-state index in [2.05, 4.69) is 19.2 Å². The third-order valence-corrected chi connectivity index (χ3v) is 4.64. The summed E-state index contributed by atoms with van der Waals surface area (Å²) in [5, 5.41) is 3.05. The normalized spacial score (nSPS) is 17.8. The molecule has 3 N–H and O–H groups in total. The van der Waals surface area contributed by atoms with Gasteiger partial charge in [-0.3, -0.25) is 9.59 Å². The van der Waals surface area contributed by atoms with Crippen molar-refractivity contribution in [3.63, 3.8) is 0 Å². The minimum absolute atomic E-state index is 0. The Labute approximate surface area is 168 Å². The number of carbonyl (C=O) groups is 2. The summed E-state index contributed by atoms with van der Waals surface area (Å²) >= 11 is 0. The van der Waals surface area contributed by atoms with Gasteiger partial charge in [0.05, 0.1) is 5.92 Å². The molecule has 1 aliphatic heterocycles. The molecule has 1 fully saturated rings. The fourth-order valence-corrected chi connectivity index (χ4v) is 3.27. The fourth-order valence-electron chi connectivity index (χ4n) is 3.27. The van der Waals surface area contributed by atoms with Crippen LogP contribution in [0.15, 0.2) is 30.3 Å². The van der Waals surface area contributed by atoms with E-state index in [9.17, 15) is 9.59 Å². The van der Waals surface area contributed by atoms with Gasteiger partial charge in [0.25, 0.3) is 5.91 Å². The number of ether oxygens (including phenoxy) is 1. The second-order valence-corrected chi connectivity index (χ2v) is 7.35. The first-order chi connectivity index (χ1) is 12.5. The minimum atomic E-state index is -0.175. The number of carbonyl (C=O) groups excluding carboxylic acids is 2. The first kappa shape index (κ1) is 23.2. The number of nitrogens with one attached hydrogen (secondary N) is 1. The largest absolute Gasteiger partial charge is 0.484 e. The summed E-state index contributed by atoms with van der Waals surface area (Å²) in [5.41, 5.74) is 5.77. The Kier molecular flexibility index (Phi) is 10.2. The van der Waals surface area contributed by atoms with Crippen molar-refractivity contribution in [2.45, 2.75) is 39.2 Å². The van der Waals surface area contributed by atoms with Crippen LogP contribution in [0, 0.1) is 11.8 Å². The summed E-state index contributed by atoms with van der Waals surface area (Å²) in [6, 6.07) is 9.27. The maximum absolute atomic E-state index is 12.6. The van der Waals surface area contributed by atoms with Gasteiger partial charge in [0.15, 0.2) is 6.61 Å². The highest BCUT2D eigenvalue weighted by molar-refractivity contribution is 5.85. The van der Waals surface area contributed by atoms with Crippen molar-refractivity contribution < 1.29 is 14.3 Å². The van der Waals surface area contributed by atoms with E-state index >= 15 is 0 Å². The average molecular weight is 398 g/mol. The minimum Gasteiger partial charge on any atom is -0.484 e. The summed E-state index contributed by atoms with van der Waals surface area (Å²) in [4.78, 5) is 26.7. The molecule has 0 spiro atoms. The second-order valence-electron chi connectivity index (χ2n) is 7.35. The molecule has 0 bridgehead atoms. The molecule has 0 radical (unpaired) electrons. The Hall–Kier alpha value is -1.79. The number of amides is 2. The van der Waals surface area contributed by atoms with Crippen LogP contribution in [-0.2, 0) is 9.59 Å². The molecule has 0 saturated carbocycles. The van der Waals surface area contributed by atoms with E-state index in [1.807, 2.05) is 30.3 Å². The molecule has 2 rings (SSSR count). The van der Waals surface area contributed by atoms with E-state index in [0.717, 1.165) is 19.3 Å². The molecule has 0 aliphatic carbocycles. The highest BCUT2D eigenvalue weighted by atomic mass is 35.5. The fraction of sp³-hybridized carbons (Fsp3) is 0.600. The van der Waals surface area contributed by atoms with Crippen LogP contribution in [0.4, 0.5) is 0 Å². The molecular weight excluding hydrogens is 366 g/mol. The monoisotopic (exact) mass is 397 g/mol. The summed E-state index contributed by atoms with van der Waals surface area (Å²) in [5.74, 6) is 0.896. The van der Waals surface area contributed by atoms with E-state index < -0.39 is 0 Å². The van der Waals surface area contributed by atoms with E-state index in [-0.39, 0.29) is 42.8 Å². The van der Waals surface area contributed by atoms with E-state index in [1.165, 1.54) is 0 Å². The molecule has 1 heterocycles. The summed E-state index contributed by atoms with van der Waals surface area (Å²) in [6.45, 7) is 5.78. The van der Waals surface area contributed by atoms with Crippen molar-refractivity contribution in [1.29, 1.82) is 0 Å². The Morgan fingerprint density at radius 2 is 2.00 bits per heavy atom. The first-order valence-corrected chi connectivity index (χ1v) is 9.45. The standard InChI is InChI=1S/C20H31N3O3.ClH/c1-15(2)11-17(12-21)22-20(25)16-7-6-10-23(13-16)19(24)14-26-18-8-4-3-5-9-18;/h3-5,8-9,15-17H,6-7,10-14,21H2,1-2H3,(H,22,25);1H. The quantitative estimate of drug-likeness (QED) is 0.704. The number of halogens is 1. The van der Waals surface area contributed by atoms with Gasteiger partial charge in [-0.1, -0.05) is 32.0 Å². The van der Waals surface area contributed by atoms with Gasteiger partial charge in [-0.2, -0.15) is 0 Å². The highest BCUT2D eigenvalue weighted by Gasteiger charge is 2.29. The molecule has 2 unspecified atom stereocenters. The summed E-state index contributed by atoms with van der Waals surface area (Å²) < 4.78 is 5.53. The van der Waals surface area contributed by atoms with Gasteiger partial charge < -0.3 is 20.7 Å².